The maximum atomic E-state index is 13.0. The SMILES string of the molecule is O=C(NC(=O)c1c(O)n(-c2cccc(Cl)c2)c(=O)c2ccccc12)c1ccccc1. The van der Waals surface area contributed by atoms with Crippen molar-refractivity contribution in [3.8, 4) is 11.6 Å². The Balaban J connectivity index is 1.90. The van der Waals surface area contributed by atoms with E-state index in [0.717, 1.165) is 4.57 Å². The predicted molar refractivity (Wildman–Crippen MR) is 114 cm³/mol. The molecule has 0 fully saturated rings. The number of nitrogens with zero attached hydrogens (tertiary/aromatic N) is 1. The van der Waals surface area contributed by atoms with Gasteiger partial charge in [0.2, 0.25) is 5.88 Å². The Labute approximate surface area is 176 Å². The van der Waals surface area contributed by atoms with Crippen molar-refractivity contribution >= 4 is 34.2 Å². The molecule has 0 bridgehead atoms. The standard InChI is InChI=1S/C23H15ClN2O4/c24-15-9-6-10-16(13-15)26-22(29)18-12-5-4-11-17(18)19(23(26)30)21(28)25-20(27)14-7-2-1-3-8-14/h1-13,30H,(H,25,27,28). The third kappa shape index (κ3) is 3.44. The molecule has 6 nitrogen and oxygen atoms in total. The van der Waals surface area contributed by atoms with Crippen molar-refractivity contribution < 1.29 is 14.7 Å². The van der Waals surface area contributed by atoms with Crippen molar-refractivity contribution in [2.75, 3.05) is 0 Å². The molecule has 0 unspecified atom stereocenters. The third-order valence-electron chi connectivity index (χ3n) is 4.62. The lowest BCUT2D eigenvalue weighted by Crippen LogP contribution is -2.32. The molecular weight excluding hydrogens is 404 g/mol. The van der Waals surface area contributed by atoms with E-state index in [4.69, 9.17) is 11.6 Å². The van der Waals surface area contributed by atoms with E-state index < -0.39 is 23.3 Å². The van der Waals surface area contributed by atoms with Gasteiger partial charge in [-0.2, -0.15) is 0 Å². The fraction of sp³-hybridized carbons (Fsp3) is 0. The predicted octanol–water partition coefficient (Wildman–Crippen LogP) is 3.92. The van der Waals surface area contributed by atoms with E-state index in [1.807, 2.05) is 0 Å². The first-order valence-electron chi connectivity index (χ1n) is 9.01. The average molecular weight is 419 g/mol. The first kappa shape index (κ1) is 19.4. The molecule has 7 heteroatoms. The van der Waals surface area contributed by atoms with Gasteiger partial charge < -0.3 is 5.11 Å². The zero-order chi connectivity index (χ0) is 21.3. The van der Waals surface area contributed by atoms with Crippen LogP contribution in [0.1, 0.15) is 20.7 Å². The third-order valence-corrected chi connectivity index (χ3v) is 4.86. The molecule has 1 aromatic heterocycles. The summed E-state index contributed by atoms with van der Waals surface area (Å²) in [5, 5.41) is 14.0. The van der Waals surface area contributed by atoms with Crippen LogP contribution < -0.4 is 10.9 Å². The lowest BCUT2D eigenvalue weighted by atomic mass is 10.1. The van der Waals surface area contributed by atoms with Gasteiger partial charge in [0.25, 0.3) is 17.4 Å². The van der Waals surface area contributed by atoms with Gasteiger partial charge in [0.05, 0.1) is 5.69 Å². The van der Waals surface area contributed by atoms with Gasteiger partial charge in [0, 0.05) is 21.4 Å². The minimum Gasteiger partial charge on any atom is -0.494 e. The number of halogens is 1. The van der Waals surface area contributed by atoms with E-state index in [1.165, 1.54) is 6.07 Å². The number of carbonyl (C=O) groups is 2. The number of hydrogen-bond acceptors (Lipinski definition) is 4. The molecule has 2 amide bonds. The molecule has 0 aliphatic heterocycles. The molecule has 3 aromatic carbocycles. The fourth-order valence-corrected chi connectivity index (χ4v) is 3.43. The minimum atomic E-state index is -0.826. The maximum absolute atomic E-state index is 13.0. The highest BCUT2D eigenvalue weighted by molar-refractivity contribution is 6.30. The van der Waals surface area contributed by atoms with Crippen LogP contribution in [0.5, 0.6) is 5.88 Å². The number of nitrogens with one attached hydrogen (secondary N) is 1. The first-order chi connectivity index (χ1) is 14.5. The largest absolute Gasteiger partial charge is 0.494 e. The monoisotopic (exact) mass is 418 g/mol. The summed E-state index contributed by atoms with van der Waals surface area (Å²) < 4.78 is 0.996. The zero-order valence-electron chi connectivity index (χ0n) is 15.5. The number of fused-ring (bicyclic) bond motifs is 1. The number of amides is 2. The van der Waals surface area contributed by atoms with E-state index in [2.05, 4.69) is 5.32 Å². The average Bonchev–Trinajstić information content (AvgIpc) is 2.74. The topological polar surface area (TPSA) is 88.4 Å². The van der Waals surface area contributed by atoms with E-state index >= 15 is 0 Å². The quantitative estimate of drug-likeness (QED) is 0.493. The molecule has 0 aliphatic rings. The maximum Gasteiger partial charge on any atom is 0.265 e. The van der Waals surface area contributed by atoms with Crippen molar-refractivity contribution in [3.63, 3.8) is 0 Å². The van der Waals surface area contributed by atoms with Crippen LogP contribution in [0.4, 0.5) is 0 Å². The van der Waals surface area contributed by atoms with Gasteiger partial charge in [0.1, 0.15) is 5.56 Å². The molecule has 0 atom stereocenters. The Morgan fingerprint density at radius 3 is 2.20 bits per heavy atom. The molecule has 1 heterocycles. The molecule has 30 heavy (non-hydrogen) atoms. The summed E-state index contributed by atoms with van der Waals surface area (Å²) >= 11 is 6.04. The molecule has 4 aromatic rings. The van der Waals surface area contributed by atoms with Crippen molar-refractivity contribution in [3.05, 3.63) is 105 Å². The smallest absolute Gasteiger partial charge is 0.265 e. The van der Waals surface area contributed by atoms with E-state index in [0.29, 0.717) is 10.7 Å². The molecule has 0 radical (unpaired) electrons. The van der Waals surface area contributed by atoms with Gasteiger partial charge in [-0.3, -0.25) is 19.7 Å². The van der Waals surface area contributed by atoms with E-state index in [1.54, 1.807) is 72.8 Å². The lowest BCUT2D eigenvalue weighted by Gasteiger charge is -2.15. The van der Waals surface area contributed by atoms with Crippen molar-refractivity contribution in [2.24, 2.45) is 0 Å². The summed E-state index contributed by atoms with van der Waals surface area (Å²) in [5.74, 6) is -2.03. The van der Waals surface area contributed by atoms with Gasteiger partial charge in [-0.15, -0.1) is 0 Å². The molecule has 0 saturated carbocycles. The number of pyridine rings is 1. The summed E-state index contributed by atoms with van der Waals surface area (Å²) in [6.45, 7) is 0. The van der Waals surface area contributed by atoms with Gasteiger partial charge in [0.15, 0.2) is 0 Å². The van der Waals surface area contributed by atoms with Crippen LogP contribution in [0.25, 0.3) is 16.5 Å². The minimum absolute atomic E-state index is 0.186. The van der Waals surface area contributed by atoms with Crippen molar-refractivity contribution in [2.45, 2.75) is 0 Å². The summed E-state index contributed by atoms with van der Waals surface area (Å²) in [6, 6.07) is 20.9. The van der Waals surface area contributed by atoms with Gasteiger partial charge >= 0.3 is 0 Å². The first-order valence-corrected chi connectivity index (χ1v) is 9.38. The normalized spacial score (nSPS) is 10.7. The fourth-order valence-electron chi connectivity index (χ4n) is 3.24. The highest BCUT2D eigenvalue weighted by atomic mass is 35.5. The van der Waals surface area contributed by atoms with Gasteiger partial charge in [-0.05, 0) is 36.4 Å². The van der Waals surface area contributed by atoms with Crippen LogP contribution in [0, 0.1) is 0 Å². The van der Waals surface area contributed by atoms with Crippen molar-refractivity contribution in [1.29, 1.82) is 0 Å². The van der Waals surface area contributed by atoms with Gasteiger partial charge in [-0.25, -0.2) is 4.57 Å². The van der Waals surface area contributed by atoms with Crippen LogP contribution >= 0.6 is 11.6 Å². The molecule has 4 rings (SSSR count). The van der Waals surface area contributed by atoms with Crippen molar-refractivity contribution in [1.82, 2.24) is 9.88 Å². The summed E-state index contributed by atoms with van der Waals surface area (Å²) in [4.78, 5) is 38.5. The molecule has 0 spiro atoms. The van der Waals surface area contributed by atoms with Crippen LogP contribution in [0.2, 0.25) is 5.02 Å². The second kappa shape index (κ2) is 7.85. The zero-order valence-corrected chi connectivity index (χ0v) is 16.3. The second-order valence-electron chi connectivity index (χ2n) is 6.51. The van der Waals surface area contributed by atoms with E-state index in [9.17, 15) is 19.5 Å². The lowest BCUT2D eigenvalue weighted by molar-refractivity contribution is 0.0848. The highest BCUT2D eigenvalue weighted by Gasteiger charge is 2.24. The number of aromatic nitrogens is 1. The molecular formula is C23H15ClN2O4. The van der Waals surface area contributed by atoms with Crippen LogP contribution in [-0.2, 0) is 0 Å². The van der Waals surface area contributed by atoms with Crippen LogP contribution in [0.15, 0.2) is 83.7 Å². The van der Waals surface area contributed by atoms with Crippen LogP contribution in [-0.4, -0.2) is 21.5 Å². The summed E-state index contributed by atoms with van der Waals surface area (Å²) in [5.41, 5.74) is -0.122. The molecule has 2 N–H and O–H groups in total. The van der Waals surface area contributed by atoms with Crippen LogP contribution in [0.3, 0.4) is 0 Å². The number of aromatic hydroxyl groups is 1. The summed E-state index contributed by atoms with van der Waals surface area (Å²) in [7, 11) is 0. The summed E-state index contributed by atoms with van der Waals surface area (Å²) in [6.07, 6.45) is 0. The number of hydrogen-bond donors (Lipinski definition) is 2. The van der Waals surface area contributed by atoms with E-state index in [-0.39, 0.29) is 21.9 Å². The number of imide groups is 1. The molecule has 148 valence electrons. The second-order valence-corrected chi connectivity index (χ2v) is 6.95. The highest BCUT2D eigenvalue weighted by Crippen LogP contribution is 2.28. The molecule has 0 aliphatic carbocycles. The molecule has 0 saturated heterocycles. The Morgan fingerprint density at radius 2 is 1.50 bits per heavy atom. The number of carbonyl (C=O) groups excluding carboxylic acids is 2. The Hall–Kier alpha value is -3.90. The van der Waals surface area contributed by atoms with Gasteiger partial charge in [-0.1, -0.05) is 54.1 Å². The Bertz CT molecular complexity index is 1350. The Kier molecular flexibility index (Phi) is 5.08. The number of rotatable bonds is 3. The number of benzene rings is 3. The Morgan fingerprint density at radius 1 is 0.833 bits per heavy atom.